The van der Waals surface area contributed by atoms with E-state index in [4.69, 9.17) is 16.9 Å². The predicted octanol–water partition coefficient (Wildman–Crippen LogP) is 4.25. The fraction of sp³-hybridized carbons (Fsp3) is 0.176. The van der Waals surface area contributed by atoms with Gasteiger partial charge in [0, 0.05) is 0 Å². The third-order valence-corrected chi connectivity index (χ3v) is 3.89. The van der Waals surface area contributed by atoms with Crippen LogP contribution in [-0.4, -0.2) is 9.55 Å². The van der Waals surface area contributed by atoms with Crippen LogP contribution < -0.4 is 0 Å². The number of fused-ring (bicyclic) bond motifs is 1. The van der Waals surface area contributed by atoms with Gasteiger partial charge in [-0.3, -0.25) is 4.57 Å². The van der Waals surface area contributed by atoms with Crippen LogP contribution in [0.15, 0.2) is 36.4 Å². The van der Waals surface area contributed by atoms with E-state index in [2.05, 4.69) is 11.1 Å². The molecule has 0 spiro atoms. The van der Waals surface area contributed by atoms with E-state index in [1.54, 1.807) is 0 Å². The first-order valence-electron chi connectivity index (χ1n) is 6.69. The Balaban J connectivity index is 2.39. The van der Waals surface area contributed by atoms with Crippen molar-refractivity contribution in [1.82, 2.24) is 9.55 Å². The second-order valence-corrected chi connectivity index (χ2v) is 5.32. The zero-order chi connectivity index (χ0) is 15.0. The van der Waals surface area contributed by atoms with Gasteiger partial charge in [0.15, 0.2) is 0 Å². The number of alkyl halides is 1. The molecule has 0 amide bonds. The molecule has 0 radical (unpaired) electrons. The number of aryl methyl sites for hydroxylation is 2. The molecule has 3 nitrogen and oxygen atoms in total. The minimum absolute atomic E-state index is 0.324. The zero-order valence-electron chi connectivity index (χ0n) is 11.9. The number of para-hydroxylation sites is 1. The smallest absolute Gasteiger partial charge is 0.129 e. The van der Waals surface area contributed by atoms with Crippen molar-refractivity contribution >= 4 is 22.6 Å². The van der Waals surface area contributed by atoms with E-state index in [1.807, 2.05) is 54.8 Å². The molecule has 0 aliphatic heterocycles. The molecule has 1 aromatic heterocycles. The second kappa shape index (κ2) is 5.23. The van der Waals surface area contributed by atoms with Crippen molar-refractivity contribution < 1.29 is 0 Å². The van der Waals surface area contributed by atoms with Gasteiger partial charge in [0.1, 0.15) is 5.82 Å². The minimum atomic E-state index is 0.324. The van der Waals surface area contributed by atoms with Crippen LogP contribution in [0, 0.1) is 25.2 Å². The van der Waals surface area contributed by atoms with Crippen molar-refractivity contribution in [2.24, 2.45) is 0 Å². The van der Waals surface area contributed by atoms with Crippen LogP contribution >= 0.6 is 11.6 Å². The van der Waals surface area contributed by atoms with Gasteiger partial charge < -0.3 is 0 Å². The lowest BCUT2D eigenvalue weighted by molar-refractivity contribution is 0.971. The molecule has 2 aromatic carbocycles. The van der Waals surface area contributed by atoms with Crippen molar-refractivity contribution in [3.05, 3.63) is 58.9 Å². The number of hydrogen-bond donors (Lipinski definition) is 0. The van der Waals surface area contributed by atoms with Gasteiger partial charge in [0.2, 0.25) is 0 Å². The van der Waals surface area contributed by atoms with Crippen LogP contribution in [0.2, 0.25) is 0 Å². The highest BCUT2D eigenvalue weighted by molar-refractivity contribution is 6.17. The summed E-state index contributed by atoms with van der Waals surface area (Å²) >= 11 is 6.08. The summed E-state index contributed by atoms with van der Waals surface area (Å²) in [5, 5.41) is 9.13. The number of halogens is 1. The lowest BCUT2D eigenvalue weighted by atomic mass is 10.1. The van der Waals surface area contributed by atoms with Crippen LogP contribution in [0.25, 0.3) is 16.7 Å². The lowest BCUT2D eigenvalue weighted by Gasteiger charge is -2.11. The number of hydrogen-bond acceptors (Lipinski definition) is 2. The normalized spacial score (nSPS) is 10.8. The van der Waals surface area contributed by atoms with E-state index < -0.39 is 0 Å². The van der Waals surface area contributed by atoms with Gasteiger partial charge >= 0.3 is 0 Å². The largest absolute Gasteiger partial charge is 0.295 e. The average Bonchev–Trinajstić information content (AvgIpc) is 2.88. The Labute approximate surface area is 128 Å². The van der Waals surface area contributed by atoms with E-state index in [0.717, 1.165) is 33.7 Å². The van der Waals surface area contributed by atoms with Gasteiger partial charge in [-0.05, 0) is 43.2 Å². The van der Waals surface area contributed by atoms with Crippen LogP contribution in [0.1, 0.15) is 22.5 Å². The van der Waals surface area contributed by atoms with Gasteiger partial charge in [-0.15, -0.1) is 11.6 Å². The fourth-order valence-corrected chi connectivity index (χ4v) is 2.75. The van der Waals surface area contributed by atoms with Crippen LogP contribution in [0.4, 0.5) is 0 Å². The van der Waals surface area contributed by atoms with Gasteiger partial charge in [-0.25, -0.2) is 4.98 Å². The minimum Gasteiger partial charge on any atom is -0.295 e. The van der Waals surface area contributed by atoms with E-state index >= 15 is 0 Å². The van der Waals surface area contributed by atoms with Crippen LogP contribution in [0.3, 0.4) is 0 Å². The Morgan fingerprint density at radius 2 is 2.00 bits per heavy atom. The predicted molar refractivity (Wildman–Crippen MR) is 84.8 cm³/mol. The number of nitrogens with zero attached hydrogens (tertiary/aromatic N) is 3. The average molecular weight is 296 g/mol. The van der Waals surface area contributed by atoms with Crippen LogP contribution in [-0.2, 0) is 5.88 Å². The maximum Gasteiger partial charge on any atom is 0.129 e. The summed E-state index contributed by atoms with van der Waals surface area (Å²) in [4.78, 5) is 4.65. The van der Waals surface area contributed by atoms with Crippen molar-refractivity contribution in [2.75, 3.05) is 0 Å². The van der Waals surface area contributed by atoms with Crippen molar-refractivity contribution in [3.63, 3.8) is 0 Å². The Morgan fingerprint density at radius 3 is 2.71 bits per heavy atom. The van der Waals surface area contributed by atoms with E-state index in [9.17, 15) is 0 Å². The molecule has 0 bridgehead atoms. The molecule has 104 valence electrons. The number of benzene rings is 2. The molecule has 0 N–H and O–H groups in total. The summed E-state index contributed by atoms with van der Waals surface area (Å²) in [7, 11) is 0. The molecule has 0 saturated heterocycles. The summed E-state index contributed by atoms with van der Waals surface area (Å²) in [6, 6.07) is 13.9. The van der Waals surface area contributed by atoms with Gasteiger partial charge in [-0.1, -0.05) is 18.2 Å². The maximum atomic E-state index is 9.13. The van der Waals surface area contributed by atoms with E-state index in [1.165, 1.54) is 0 Å². The van der Waals surface area contributed by atoms with Crippen molar-refractivity contribution in [1.29, 1.82) is 5.26 Å². The molecule has 0 aliphatic rings. The first-order valence-corrected chi connectivity index (χ1v) is 7.23. The maximum absolute atomic E-state index is 9.13. The van der Waals surface area contributed by atoms with Crippen LogP contribution in [0.5, 0.6) is 0 Å². The van der Waals surface area contributed by atoms with Gasteiger partial charge in [0.25, 0.3) is 0 Å². The number of aromatic nitrogens is 2. The summed E-state index contributed by atoms with van der Waals surface area (Å²) in [5.41, 5.74) is 5.76. The van der Waals surface area contributed by atoms with Crippen molar-refractivity contribution in [2.45, 2.75) is 19.7 Å². The number of imidazole rings is 1. The van der Waals surface area contributed by atoms with Crippen molar-refractivity contribution in [3.8, 4) is 11.8 Å². The highest BCUT2D eigenvalue weighted by atomic mass is 35.5. The van der Waals surface area contributed by atoms with Gasteiger partial charge in [0.05, 0.1) is 34.2 Å². The standard InChI is InChI=1S/C17H14ClN3/c1-11-6-7-13(10-19)8-15(11)21-14-5-3-4-12(2)17(14)20-16(21)9-18/h3-8H,9H2,1-2H3. The zero-order valence-corrected chi connectivity index (χ0v) is 12.6. The third kappa shape index (κ3) is 2.18. The second-order valence-electron chi connectivity index (χ2n) is 5.05. The summed E-state index contributed by atoms with van der Waals surface area (Å²) < 4.78 is 2.05. The fourth-order valence-electron chi connectivity index (χ4n) is 2.57. The lowest BCUT2D eigenvalue weighted by Crippen LogP contribution is -2.02. The molecular formula is C17H14ClN3. The molecular weight excluding hydrogens is 282 g/mol. The Hall–Kier alpha value is -2.31. The number of rotatable bonds is 2. The Kier molecular flexibility index (Phi) is 3.40. The summed E-state index contributed by atoms with van der Waals surface area (Å²) in [6.45, 7) is 4.06. The summed E-state index contributed by atoms with van der Waals surface area (Å²) in [5.74, 6) is 1.11. The molecule has 0 fully saturated rings. The first kappa shape index (κ1) is 13.7. The quantitative estimate of drug-likeness (QED) is 0.663. The molecule has 0 saturated carbocycles. The molecule has 3 aromatic rings. The molecule has 4 heteroatoms. The monoisotopic (exact) mass is 295 g/mol. The van der Waals surface area contributed by atoms with E-state index in [0.29, 0.717) is 11.4 Å². The molecule has 0 unspecified atom stereocenters. The molecule has 0 atom stereocenters. The first-order chi connectivity index (χ1) is 10.2. The number of nitriles is 1. The topological polar surface area (TPSA) is 41.6 Å². The summed E-state index contributed by atoms with van der Waals surface area (Å²) in [6.07, 6.45) is 0. The molecule has 1 heterocycles. The molecule has 3 rings (SSSR count). The Bertz CT molecular complexity index is 872. The van der Waals surface area contributed by atoms with E-state index in [-0.39, 0.29) is 0 Å². The van der Waals surface area contributed by atoms with Gasteiger partial charge in [-0.2, -0.15) is 5.26 Å². The molecule has 21 heavy (non-hydrogen) atoms. The third-order valence-electron chi connectivity index (χ3n) is 3.65. The molecule has 0 aliphatic carbocycles. The highest BCUT2D eigenvalue weighted by Gasteiger charge is 2.14. The highest BCUT2D eigenvalue weighted by Crippen LogP contribution is 2.27. The Morgan fingerprint density at radius 1 is 1.19 bits per heavy atom. The SMILES string of the molecule is Cc1ccc(C#N)cc1-n1c(CCl)nc2c(C)cccc21.